The minimum Gasteiger partial charge on any atom is -0.444 e. The molecule has 0 saturated heterocycles. The lowest BCUT2D eigenvalue weighted by atomic mass is 10.0. The summed E-state index contributed by atoms with van der Waals surface area (Å²) in [4.78, 5) is 4.48. The molecule has 2 rings (SSSR count). The molecule has 0 fully saturated rings. The van der Waals surface area contributed by atoms with E-state index in [1.165, 1.54) is 0 Å². The van der Waals surface area contributed by atoms with Gasteiger partial charge in [0.1, 0.15) is 6.26 Å². The van der Waals surface area contributed by atoms with Gasteiger partial charge in [-0.25, -0.2) is 4.98 Å². The molecule has 1 aromatic heterocycles. The highest BCUT2D eigenvalue weighted by atomic mass is 16.3. The summed E-state index contributed by atoms with van der Waals surface area (Å²) in [5.74, 6) is 1.12. The molecule has 0 saturated carbocycles. The number of oxazole rings is 1. The zero-order chi connectivity index (χ0) is 14.4. The molecule has 0 radical (unpaired) electrons. The normalized spacial score (nSPS) is 12.8. The number of aliphatic hydroxyl groups is 1. The standard InChI is InChI=1S/C16H22N2O2/c1-12(2)15(8-9-19)17-10-14-11-20-16(18-14)13-6-4-3-5-7-13/h3-7,11-12,15,17,19H,8-10H2,1-2H3. The number of nitrogens with zero attached hydrogens (tertiary/aromatic N) is 1. The number of aromatic nitrogens is 1. The van der Waals surface area contributed by atoms with Crippen LogP contribution in [0, 0.1) is 5.92 Å². The molecule has 2 N–H and O–H groups in total. The van der Waals surface area contributed by atoms with E-state index >= 15 is 0 Å². The van der Waals surface area contributed by atoms with Crippen molar-refractivity contribution in [2.45, 2.75) is 32.9 Å². The second-order valence-electron chi connectivity index (χ2n) is 5.25. The second kappa shape index (κ2) is 7.22. The van der Waals surface area contributed by atoms with Crippen LogP contribution >= 0.6 is 0 Å². The Morgan fingerprint density at radius 3 is 2.65 bits per heavy atom. The summed E-state index contributed by atoms with van der Waals surface area (Å²) in [5.41, 5.74) is 1.86. The van der Waals surface area contributed by atoms with Crippen LogP contribution in [0.15, 0.2) is 41.0 Å². The summed E-state index contributed by atoms with van der Waals surface area (Å²) in [6, 6.07) is 10.1. The number of hydrogen-bond acceptors (Lipinski definition) is 4. The molecule has 4 nitrogen and oxygen atoms in total. The average Bonchev–Trinajstić information content (AvgIpc) is 2.93. The topological polar surface area (TPSA) is 58.3 Å². The fourth-order valence-corrected chi connectivity index (χ4v) is 2.15. The van der Waals surface area contributed by atoms with Crippen LogP contribution < -0.4 is 5.32 Å². The van der Waals surface area contributed by atoms with Crippen LogP contribution in [0.5, 0.6) is 0 Å². The molecule has 108 valence electrons. The molecule has 1 unspecified atom stereocenters. The molecule has 20 heavy (non-hydrogen) atoms. The van der Waals surface area contributed by atoms with Crippen molar-refractivity contribution in [3.05, 3.63) is 42.3 Å². The van der Waals surface area contributed by atoms with E-state index in [-0.39, 0.29) is 12.6 Å². The summed E-state index contributed by atoms with van der Waals surface area (Å²) in [6.07, 6.45) is 2.44. The number of nitrogens with one attached hydrogen (secondary N) is 1. The lowest BCUT2D eigenvalue weighted by Gasteiger charge is -2.20. The summed E-state index contributed by atoms with van der Waals surface area (Å²) >= 11 is 0. The molecular formula is C16H22N2O2. The van der Waals surface area contributed by atoms with E-state index in [1.807, 2.05) is 30.3 Å². The van der Waals surface area contributed by atoms with E-state index in [2.05, 4.69) is 24.1 Å². The van der Waals surface area contributed by atoms with E-state index in [4.69, 9.17) is 9.52 Å². The van der Waals surface area contributed by atoms with E-state index in [9.17, 15) is 0 Å². The maximum Gasteiger partial charge on any atom is 0.226 e. The highest BCUT2D eigenvalue weighted by molar-refractivity contribution is 5.52. The first-order chi connectivity index (χ1) is 9.70. The first-order valence-electron chi connectivity index (χ1n) is 7.04. The third-order valence-electron chi connectivity index (χ3n) is 3.36. The van der Waals surface area contributed by atoms with Crippen molar-refractivity contribution in [1.82, 2.24) is 10.3 Å². The third kappa shape index (κ3) is 3.92. The number of aliphatic hydroxyl groups excluding tert-OH is 1. The van der Waals surface area contributed by atoms with Crippen molar-refractivity contribution in [2.24, 2.45) is 5.92 Å². The number of hydrogen-bond donors (Lipinski definition) is 2. The van der Waals surface area contributed by atoms with Gasteiger partial charge in [0.15, 0.2) is 0 Å². The van der Waals surface area contributed by atoms with Gasteiger partial charge in [-0.15, -0.1) is 0 Å². The SMILES string of the molecule is CC(C)C(CCO)NCc1coc(-c2ccccc2)n1. The average molecular weight is 274 g/mol. The minimum absolute atomic E-state index is 0.198. The Balaban J connectivity index is 1.96. The first-order valence-corrected chi connectivity index (χ1v) is 7.04. The zero-order valence-corrected chi connectivity index (χ0v) is 12.0. The van der Waals surface area contributed by atoms with Gasteiger partial charge in [-0.2, -0.15) is 0 Å². The summed E-state index contributed by atoms with van der Waals surface area (Å²) in [7, 11) is 0. The number of rotatable bonds is 7. The van der Waals surface area contributed by atoms with Crippen LogP contribution in [0.25, 0.3) is 11.5 Å². The fraction of sp³-hybridized carbons (Fsp3) is 0.438. The Morgan fingerprint density at radius 1 is 1.25 bits per heavy atom. The van der Waals surface area contributed by atoms with Gasteiger partial charge in [0.2, 0.25) is 5.89 Å². The van der Waals surface area contributed by atoms with E-state index < -0.39 is 0 Å². The van der Waals surface area contributed by atoms with Crippen molar-refractivity contribution in [3.8, 4) is 11.5 Å². The Hall–Kier alpha value is -1.65. The van der Waals surface area contributed by atoms with Gasteiger partial charge in [-0.3, -0.25) is 0 Å². The quantitative estimate of drug-likeness (QED) is 0.815. The molecule has 1 aromatic carbocycles. The molecule has 4 heteroatoms. The molecule has 0 aliphatic carbocycles. The predicted octanol–water partition coefficient (Wildman–Crippen LogP) is 2.84. The van der Waals surface area contributed by atoms with Gasteiger partial charge in [0.25, 0.3) is 0 Å². The van der Waals surface area contributed by atoms with Gasteiger partial charge >= 0.3 is 0 Å². The fourth-order valence-electron chi connectivity index (χ4n) is 2.15. The highest BCUT2D eigenvalue weighted by Crippen LogP contribution is 2.18. The number of benzene rings is 1. The lowest BCUT2D eigenvalue weighted by Crippen LogP contribution is -2.34. The van der Waals surface area contributed by atoms with Gasteiger partial charge < -0.3 is 14.8 Å². The van der Waals surface area contributed by atoms with Crippen LogP contribution in [-0.2, 0) is 6.54 Å². The molecule has 2 aromatic rings. The van der Waals surface area contributed by atoms with Gasteiger partial charge in [0, 0.05) is 24.8 Å². The van der Waals surface area contributed by atoms with Gasteiger partial charge in [-0.1, -0.05) is 32.0 Å². The molecule has 1 heterocycles. The summed E-state index contributed by atoms with van der Waals surface area (Å²) in [6.45, 7) is 5.14. The third-order valence-corrected chi connectivity index (χ3v) is 3.36. The van der Waals surface area contributed by atoms with Crippen molar-refractivity contribution < 1.29 is 9.52 Å². The van der Waals surface area contributed by atoms with Crippen molar-refractivity contribution >= 4 is 0 Å². The smallest absolute Gasteiger partial charge is 0.226 e. The van der Waals surface area contributed by atoms with E-state index in [0.29, 0.717) is 18.4 Å². The summed E-state index contributed by atoms with van der Waals surface area (Å²) in [5, 5.41) is 12.5. The van der Waals surface area contributed by atoms with Gasteiger partial charge in [0.05, 0.1) is 5.69 Å². The molecule has 1 atom stereocenters. The van der Waals surface area contributed by atoms with Crippen molar-refractivity contribution in [2.75, 3.05) is 6.61 Å². The van der Waals surface area contributed by atoms with Crippen LogP contribution in [0.2, 0.25) is 0 Å². The zero-order valence-electron chi connectivity index (χ0n) is 12.0. The maximum absolute atomic E-state index is 9.06. The second-order valence-corrected chi connectivity index (χ2v) is 5.25. The van der Waals surface area contributed by atoms with Gasteiger partial charge in [-0.05, 0) is 24.5 Å². The molecule has 0 aliphatic rings. The minimum atomic E-state index is 0.198. The first kappa shape index (κ1) is 14.8. The van der Waals surface area contributed by atoms with E-state index in [0.717, 1.165) is 17.7 Å². The summed E-state index contributed by atoms with van der Waals surface area (Å²) < 4.78 is 5.50. The Kier molecular flexibility index (Phi) is 5.32. The van der Waals surface area contributed by atoms with Crippen molar-refractivity contribution in [3.63, 3.8) is 0 Å². The Bertz CT molecular complexity index is 508. The lowest BCUT2D eigenvalue weighted by molar-refractivity contribution is 0.243. The monoisotopic (exact) mass is 274 g/mol. The highest BCUT2D eigenvalue weighted by Gasteiger charge is 2.13. The maximum atomic E-state index is 9.06. The van der Waals surface area contributed by atoms with Crippen LogP contribution in [0.1, 0.15) is 26.0 Å². The van der Waals surface area contributed by atoms with Crippen LogP contribution in [-0.4, -0.2) is 22.7 Å². The molecular weight excluding hydrogens is 252 g/mol. The predicted molar refractivity (Wildman–Crippen MR) is 79.1 cm³/mol. The van der Waals surface area contributed by atoms with Crippen LogP contribution in [0.4, 0.5) is 0 Å². The Labute approximate surface area is 119 Å². The van der Waals surface area contributed by atoms with E-state index in [1.54, 1.807) is 6.26 Å². The molecule has 0 spiro atoms. The molecule has 0 bridgehead atoms. The molecule has 0 aliphatic heterocycles. The van der Waals surface area contributed by atoms with Crippen molar-refractivity contribution in [1.29, 1.82) is 0 Å². The molecule has 0 amide bonds. The Morgan fingerprint density at radius 2 is 2.00 bits per heavy atom. The van der Waals surface area contributed by atoms with Crippen LogP contribution in [0.3, 0.4) is 0 Å². The largest absolute Gasteiger partial charge is 0.444 e.